The molecule has 1 aliphatic heterocycles. The average molecular weight is 328 g/mol. The number of piperazine rings is 1. The second-order valence-electron chi connectivity index (χ2n) is 5.29. The number of benzene rings is 1. The van der Waals surface area contributed by atoms with E-state index >= 15 is 0 Å². The maximum Gasteiger partial charge on any atom is 0.244 e. The molecular formula is C14H18ClN3O2S. The van der Waals surface area contributed by atoms with Gasteiger partial charge < -0.3 is 0 Å². The summed E-state index contributed by atoms with van der Waals surface area (Å²) in [6, 6.07) is 6.63. The molecule has 1 aromatic rings. The Morgan fingerprint density at radius 1 is 1.24 bits per heavy atom. The minimum absolute atomic E-state index is 0.0705. The Labute approximate surface area is 130 Å². The van der Waals surface area contributed by atoms with E-state index < -0.39 is 10.0 Å². The number of halogens is 1. The largest absolute Gasteiger partial charge is 0.298 e. The lowest BCUT2D eigenvalue weighted by molar-refractivity contribution is 0.154. The molecule has 0 unspecified atom stereocenters. The summed E-state index contributed by atoms with van der Waals surface area (Å²) in [5.41, 5.74) is 0.351. The van der Waals surface area contributed by atoms with Crippen LogP contribution in [0.4, 0.5) is 0 Å². The van der Waals surface area contributed by atoms with Crippen LogP contribution in [0.3, 0.4) is 0 Å². The molecule has 2 rings (SSSR count). The summed E-state index contributed by atoms with van der Waals surface area (Å²) in [5, 5.41) is 8.91. The van der Waals surface area contributed by atoms with Gasteiger partial charge in [0.25, 0.3) is 0 Å². The van der Waals surface area contributed by atoms with Crippen molar-refractivity contribution in [2.75, 3.05) is 26.2 Å². The Morgan fingerprint density at radius 2 is 1.86 bits per heavy atom. The lowest BCUT2D eigenvalue weighted by Gasteiger charge is -2.36. The van der Waals surface area contributed by atoms with Gasteiger partial charge in [-0.15, -0.1) is 0 Å². The average Bonchev–Trinajstić information content (AvgIpc) is 2.46. The van der Waals surface area contributed by atoms with Crippen molar-refractivity contribution in [2.24, 2.45) is 0 Å². The first kappa shape index (κ1) is 16.2. The Kier molecular flexibility index (Phi) is 4.89. The molecule has 21 heavy (non-hydrogen) atoms. The van der Waals surface area contributed by atoms with Crippen LogP contribution >= 0.6 is 11.6 Å². The van der Waals surface area contributed by atoms with E-state index in [0.717, 1.165) is 0 Å². The molecule has 0 aliphatic carbocycles. The van der Waals surface area contributed by atoms with Crippen molar-refractivity contribution in [3.63, 3.8) is 0 Å². The predicted molar refractivity (Wildman–Crippen MR) is 81.6 cm³/mol. The Bertz CT molecular complexity index is 659. The summed E-state index contributed by atoms with van der Waals surface area (Å²) in [6.07, 6.45) is 0. The highest BCUT2D eigenvalue weighted by Crippen LogP contribution is 2.26. The van der Waals surface area contributed by atoms with Gasteiger partial charge in [-0.1, -0.05) is 11.6 Å². The molecule has 0 spiro atoms. The summed E-state index contributed by atoms with van der Waals surface area (Å²) in [6.45, 7) is 6.53. The van der Waals surface area contributed by atoms with Crippen molar-refractivity contribution in [2.45, 2.75) is 24.8 Å². The molecule has 1 aliphatic rings. The third-order valence-electron chi connectivity index (χ3n) is 3.68. The zero-order valence-electron chi connectivity index (χ0n) is 12.1. The highest BCUT2D eigenvalue weighted by atomic mass is 35.5. The van der Waals surface area contributed by atoms with E-state index in [0.29, 0.717) is 37.8 Å². The SMILES string of the molecule is CC(C)N1CCN(S(=O)(=O)c2ccc(C#N)cc2Cl)CC1. The third-order valence-corrected chi connectivity index (χ3v) is 6.06. The van der Waals surface area contributed by atoms with Crippen molar-refractivity contribution in [3.05, 3.63) is 28.8 Å². The lowest BCUT2D eigenvalue weighted by Crippen LogP contribution is -2.50. The number of nitrogens with zero attached hydrogens (tertiary/aromatic N) is 3. The van der Waals surface area contributed by atoms with Gasteiger partial charge in [-0.25, -0.2) is 8.42 Å². The van der Waals surface area contributed by atoms with Gasteiger partial charge in [0.2, 0.25) is 10.0 Å². The molecular weight excluding hydrogens is 310 g/mol. The van der Waals surface area contributed by atoms with Crippen LogP contribution in [-0.4, -0.2) is 49.8 Å². The first-order chi connectivity index (χ1) is 9.86. The van der Waals surface area contributed by atoms with Crippen LogP contribution in [0, 0.1) is 11.3 Å². The topological polar surface area (TPSA) is 64.4 Å². The fourth-order valence-electron chi connectivity index (χ4n) is 2.38. The monoisotopic (exact) mass is 327 g/mol. The molecule has 0 saturated carbocycles. The van der Waals surface area contributed by atoms with Gasteiger partial charge >= 0.3 is 0 Å². The zero-order chi connectivity index (χ0) is 15.6. The van der Waals surface area contributed by atoms with E-state index in [4.69, 9.17) is 16.9 Å². The standard InChI is InChI=1S/C14H18ClN3O2S/c1-11(2)17-5-7-18(8-6-17)21(19,20)14-4-3-12(10-16)9-13(14)15/h3-4,9,11H,5-8H2,1-2H3. The quantitative estimate of drug-likeness (QED) is 0.851. The van der Waals surface area contributed by atoms with Crippen LogP contribution in [-0.2, 0) is 10.0 Å². The number of sulfonamides is 1. The van der Waals surface area contributed by atoms with Gasteiger partial charge in [0, 0.05) is 32.2 Å². The van der Waals surface area contributed by atoms with Crippen molar-refractivity contribution in [3.8, 4) is 6.07 Å². The van der Waals surface area contributed by atoms with Crippen LogP contribution in [0.15, 0.2) is 23.1 Å². The van der Waals surface area contributed by atoms with E-state index in [2.05, 4.69) is 18.7 Å². The number of hydrogen-bond donors (Lipinski definition) is 0. The van der Waals surface area contributed by atoms with Crippen LogP contribution in [0.25, 0.3) is 0 Å². The number of rotatable bonds is 3. The lowest BCUT2D eigenvalue weighted by atomic mass is 10.2. The van der Waals surface area contributed by atoms with Gasteiger partial charge in [-0.2, -0.15) is 9.57 Å². The minimum atomic E-state index is -3.60. The Balaban J connectivity index is 2.22. The molecule has 5 nitrogen and oxygen atoms in total. The first-order valence-electron chi connectivity index (χ1n) is 6.80. The summed E-state index contributed by atoms with van der Waals surface area (Å²) in [7, 11) is -3.60. The zero-order valence-corrected chi connectivity index (χ0v) is 13.7. The van der Waals surface area contributed by atoms with Crippen LogP contribution in [0.2, 0.25) is 5.02 Å². The predicted octanol–water partition coefficient (Wildman–Crippen LogP) is 1.93. The molecule has 1 fully saturated rings. The third kappa shape index (κ3) is 3.38. The molecule has 0 aromatic heterocycles. The summed E-state index contributed by atoms with van der Waals surface area (Å²) < 4.78 is 26.7. The van der Waals surface area contributed by atoms with Crippen molar-refractivity contribution < 1.29 is 8.42 Å². The molecule has 1 heterocycles. The molecule has 0 bridgehead atoms. The van der Waals surface area contributed by atoms with E-state index in [9.17, 15) is 8.42 Å². The van der Waals surface area contributed by atoms with E-state index in [1.165, 1.54) is 22.5 Å². The van der Waals surface area contributed by atoms with Gasteiger partial charge in [0.1, 0.15) is 4.90 Å². The van der Waals surface area contributed by atoms with Crippen molar-refractivity contribution in [1.29, 1.82) is 5.26 Å². The van der Waals surface area contributed by atoms with Gasteiger partial charge in [-0.05, 0) is 32.0 Å². The maximum atomic E-state index is 12.6. The van der Waals surface area contributed by atoms with Crippen molar-refractivity contribution in [1.82, 2.24) is 9.21 Å². The van der Waals surface area contributed by atoms with Crippen LogP contribution < -0.4 is 0 Å². The molecule has 0 N–H and O–H groups in total. The van der Waals surface area contributed by atoms with E-state index in [-0.39, 0.29) is 9.92 Å². The van der Waals surface area contributed by atoms with E-state index in [1.54, 1.807) is 0 Å². The highest BCUT2D eigenvalue weighted by molar-refractivity contribution is 7.89. The Morgan fingerprint density at radius 3 is 2.33 bits per heavy atom. The fraction of sp³-hybridized carbons (Fsp3) is 0.500. The fourth-order valence-corrected chi connectivity index (χ4v) is 4.32. The molecule has 0 atom stereocenters. The number of hydrogen-bond acceptors (Lipinski definition) is 4. The van der Waals surface area contributed by atoms with Gasteiger partial charge in [-0.3, -0.25) is 4.90 Å². The first-order valence-corrected chi connectivity index (χ1v) is 8.62. The smallest absolute Gasteiger partial charge is 0.244 e. The molecule has 1 saturated heterocycles. The van der Waals surface area contributed by atoms with E-state index in [1.807, 2.05) is 6.07 Å². The summed E-state index contributed by atoms with van der Waals surface area (Å²) in [5.74, 6) is 0. The highest BCUT2D eigenvalue weighted by Gasteiger charge is 2.30. The summed E-state index contributed by atoms with van der Waals surface area (Å²) in [4.78, 5) is 2.31. The van der Waals surface area contributed by atoms with Crippen LogP contribution in [0.1, 0.15) is 19.4 Å². The molecule has 0 amide bonds. The van der Waals surface area contributed by atoms with Gasteiger partial charge in [0.15, 0.2) is 0 Å². The molecule has 7 heteroatoms. The molecule has 1 aromatic carbocycles. The van der Waals surface area contributed by atoms with Gasteiger partial charge in [0.05, 0.1) is 16.7 Å². The molecule has 0 radical (unpaired) electrons. The normalized spacial score (nSPS) is 17.9. The Hall–Kier alpha value is -1.13. The van der Waals surface area contributed by atoms with Crippen molar-refractivity contribution >= 4 is 21.6 Å². The minimum Gasteiger partial charge on any atom is -0.298 e. The molecule has 114 valence electrons. The summed E-state index contributed by atoms with van der Waals surface area (Å²) >= 11 is 6.02. The second-order valence-corrected chi connectivity index (χ2v) is 7.60. The number of nitriles is 1. The second kappa shape index (κ2) is 6.32. The van der Waals surface area contributed by atoms with Crippen LogP contribution in [0.5, 0.6) is 0 Å². The maximum absolute atomic E-state index is 12.6.